The molecule has 98 valence electrons. The van der Waals surface area contributed by atoms with Gasteiger partial charge in [-0.3, -0.25) is 4.90 Å². The minimum Gasteiger partial charge on any atom is -0.383 e. The number of nitrogens with one attached hydrogen (secondary N) is 1. The fourth-order valence-electron chi connectivity index (χ4n) is 1.58. The monoisotopic (exact) mass is 232 g/mol. The van der Waals surface area contributed by atoms with Crippen LogP contribution in [0.5, 0.6) is 0 Å². The fourth-order valence-corrected chi connectivity index (χ4v) is 1.58. The second-order valence-electron chi connectivity index (χ2n) is 4.14. The molecule has 0 fully saturated rings. The normalized spacial score (nSPS) is 13.3. The fraction of sp³-hybridized carbons (Fsp3) is 1.00. The third-order valence-corrected chi connectivity index (χ3v) is 2.50. The molecule has 0 aliphatic rings. The molecule has 0 aliphatic carbocycles. The van der Waals surface area contributed by atoms with Gasteiger partial charge in [0.15, 0.2) is 0 Å². The number of ether oxygens (including phenoxy) is 2. The Bertz CT molecular complexity index is 137. The highest BCUT2D eigenvalue weighted by Gasteiger charge is 2.08. The lowest BCUT2D eigenvalue weighted by Crippen LogP contribution is -2.42. The standard InChI is InChI=1S/C12H28N2O2/c1-5-6-13-12(2)11-14(7-9-15-3)8-10-16-4/h12-13H,5-11H2,1-4H3. The quantitative estimate of drug-likeness (QED) is 0.575. The SMILES string of the molecule is CCCNC(C)CN(CCOC)CCOC. The summed E-state index contributed by atoms with van der Waals surface area (Å²) in [6.45, 7) is 10.1. The first-order chi connectivity index (χ1) is 7.74. The molecule has 0 aromatic carbocycles. The van der Waals surface area contributed by atoms with E-state index in [4.69, 9.17) is 9.47 Å². The molecule has 0 saturated heterocycles. The third kappa shape index (κ3) is 9.09. The van der Waals surface area contributed by atoms with Crippen LogP contribution in [0.25, 0.3) is 0 Å². The third-order valence-electron chi connectivity index (χ3n) is 2.50. The molecule has 0 saturated carbocycles. The summed E-state index contributed by atoms with van der Waals surface area (Å²) in [5.74, 6) is 0. The van der Waals surface area contributed by atoms with Crippen molar-refractivity contribution < 1.29 is 9.47 Å². The number of nitrogens with zero attached hydrogens (tertiary/aromatic N) is 1. The van der Waals surface area contributed by atoms with Gasteiger partial charge in [0, 0.05) is 39.9 Å². The van der Waals surface area contributed by atoms with E-state index in [0.717, 1.165) is 39.4 Å². The Morgan fingerprint density at radius 3 is 2.12 bits per heavy atom. The molecular formula is C12H28N2O2. The van der Waals surface area contributed by atoms with E-state index in [-0.39, 0.29) is 0 Å². The Balaban J connectivity index is 3.78. The molecule has 1 N–H and O–H groups in total. The summed E-state index contributed by atoms with van der Waals surface area (Å²) in [6, 6.07) is 0.522. The van der Waals surface area contributed by atoms with Gasteiger partial charge in [0.1, 0.15) is 0 Å². The minimum absolute atomic E-state index is 0.522. The average Bonchev–Trinajstić information content (AvgIpc) is 2.30. The van der Waals surface area contributed by atoms with E-state index in [0.29, 0.717) is 6.04 Å². The highest BCUT2D eigenvalue weighted by atomic mass is 16.5. The van der Waals surface area contributed by atoms with E-state index < -0.39 is 0 Å². The van der Waals surface area contributed by atoms with Gasteiger partial charge in [0.05, 0.1) is 13.2 Å². The molecule has 0 spiro atoms. The van der Waals surface area contributed by atoms with E-state index in [1.54, 1.807) is 14.2 Å². The van der Waals surface area contributed by atoms with Crippen LogP contribution in [0.1, 0.15) is 20.3 Å². The smallest absolute Gasteiger partial charge is 0.0589 e. The van der Waals surface area contributed by atoms with Crippen molar-refractivity contribution in [1.82, 2.24) is 10.2 Å². The maximum Gasteiger partial charge on any atom is 0.0589 e. The molecule has 0 aliphatic heterocycles. The van der Waals surface area contributed by atoms with Crippen molar-refractivity contribution >= 4 is 0 Å². The minimum atomic E-state index is 0.522. The lowest BCUT2D eigenvalue weighted by molar-refractivity contribution is 0.109. The zero-order valence-electron chi connectivity index (χ0n) is 11.3. The molecule has 4 nitrogen and oxygen atoms in total. The molecule has 1 atom stereocenters. The molecule has 16 heavy (non-hydrogen) atoms. The zero-order chi connectivity index (χ0) is 12.2. The second kappa shape index (κ2) is 11.3. The summed E-state index contributed by atoms with van der Waals surface area (Å²) in [7, 11) is 3.49. The van der Waals surface area contributed by atoms with Gasteiger partial charge in [0.25, 0.3) is 0 Å². The van der Waals surface area contributed by atoms with Crippen molar-refractivity contribution in [3.8, 4) is 0 Å². The Morgan fingerprint density at radius 2 is 1.69 bits per heavy atom. The maximum atomic E-state index is 5.11. The molecule has 0 bridgehead atoms. The maximum absolute atomic E-state index is 5.11. The van der Waals surface area contributed by atoms with Crippen molar-refractivity contribution in [2.24, 2.45) is 0 Å². The molecule has 0 radical (unpaired) electrons. The van der Waals surface area contributed by atoms with Crippen LogP contribution in [-0.4, -0.2) is 64.6 Å². The van der Waals surface area contributed by atoms with Gasteiger partial charge in [-0.25, -0.2) is 0 Å². The second-order valence-corrected chi connectivity index (χ2v) is 4.14. The molecule has 0 rings (SSSR count). The van der Waals surface area contributed by atoms with Crippen molar-refractivity contribution in [1.29, 1.82) is 0 Å². The van der Waals surface area contributed by atoms with Gasteiger partial charge in [-0.15, -0.1) is 0 Å². The van der Waals surface area contributed by atoms with Crippen LogP contribution < -0.4 is 5.32 Å². The summed E-state index contributed by atoms with van der Waals surface area (Å²) in [4.78, 5) is 2.38. The molecule has 4 heteroatoms. The van der Waals surface area contributed by atoms with E-state index in [1.807, 2.05) is 0 Å². The number of hydrogen-bond donors (Lipinski definition) is 1. The van der Waals surface area contributed by atoms with Crippen LogP contribution in [0.2, 0.25) is 0 Å². The van der Waals surface area contributed by atoms with Crippen LogP contribution in [0, 0.1) is 0 Å². The number of rotatable bonds is 11. The first kappa shape index (κ1) is 15.8. The van der Waals surface area contributed by atoms with E-state index in [1.165, 1.54) is 6.42 Å². The van der Waals surface area contributed by atoms with Crippen molar-refractivity contribution in [3.05, 3.63) is 0 Å². The van der Waals surface area contributed by atoms with Crippen molar-refractivity contribution in [3.63, 3.8) is 0 Å². The summed E-state index contributed by atoms with van der Waals surface area (Å²) in [5, 5.41) is 3.49. The lowest BCUT2D eigenvalue weighted by atomic mass is 10.3. The van der Waals surface area contributed by atoms with E-state index >= 15 is 0 Å². The summed E-state index contributed by atoms with van der Waals surface area (Å²) >= 11 is 0. The Hall–Kier alpha value is -0.160. The molecule has 0 amide bonds. The zero-order valence-corrected chi connectivity index (χ0v) is 11.3. The Kier molecular flexibility index (Phi) is 11.2. The van der Waals surface area contributed by atoms with Gasteiger partial charge in [-0.2, -0.15) is 0 Å². The lowest BCUT2D eigenvalue weighted by Gasteiger charge is -2.25. The van der Waals surface area contributed by atoms with Gasteiger partial charge in [0.2, 0.25) is 0 Å². The Labute approximate surface area is 100 Å². The summed E-state index contributed by atoms with van der Waals surface area (Å²) < 4.78 is 10.2. The van der Waals surface area contributed by atoms with Crippen LogP contribution >= 0.6 is 0 Å². The molecule has 0 heterocycles. The van der Waals surface area contributed by atoms with Crippen LogP contribution in [0.4, 0.5) is 0 Å². The highest BCUT2D eigenvalue weighted by molar-refractivity contribution is 4.67. The average molecular weight is 232 g/mol. The Morgan fingerprint density at radius 1 is 1.12 bits per heavy atom. The predicted octanol–water partition coefficient (Wildman–Crippen LogP) is 0.969. The van der Waals surface area contributed by atoms with Gasteiger partial charge in [-0.05, 0) is 19.9 Å². The van der Waals surface area contributed by atoms with Crippen molar-refractivity contribution in [2.45, 2.75) is 26.3 Å². The predicted molar refractivity (Wildman–Crippen MR) is 67.9 cm³/mol. The van der Waals surface area contributed by atoms with Crippen LogP contribution in [0.3, 0.4) is 0 Å². The largest absolute Gasteiger partial charge is 0.383 e. The molecule has 0 aromatic heterocycles. The molecular weight excluding hydrogens is 204 g/mol. The number of hydrogen-bond acceptors (Lipinski definition) is 4. The highest BCUT2D eigenvalue weighted by Crippen LogP contribution is 1.93. The van der Waals surface area contributed by atoms with Crippen molar-refractivity contribution in [2.75, 3.05) is 53.6 Å². The number of methoxy groups -OCH3 is 2. The molecule has 1 unspecified atom stereocenters. The van der Waals surface area contributed by atoms with E-state index in [2.05, 4.69) is 24.1 Å². The summed E-state index contributed by atoms with van der Waals surface area (Å²) in [6.07, 6.45) is 1.18. The van der Waals surface area contributed by atoms with Crippen LogP contribution in [0.15, 0.2) is 0 Å². The van der Waals surface area contributed by atoms with Gasteiger partial charge >= 0.3 is 0 Å². The first-order valence-corrected chi connectivity index (χ1v) is 6.18. The van der Waals surface area contributed by atoms with Gasteiger partial charge < -0.3 is 14.8 Å². The topological polar surface area (TPSA) is 33.7 Å². The summed E-state index contributed by atoms with van der Waals surface area (Å²) in [5.41, 5.74) is 0. The van der Waals surface area contributed by atoms with E-state index in [9.17, 15) is 0 Å². The first-order valence-electron chi connectivity index (χ1n) is 6.18. The van der Waals surface area contributed by atoms with Gasteiger partial charge in [-0.1, -0.05) is 6.92 Å². The van der Waals surface area contributed by atoms with Crippen LogP contribution in [-0.2, 0) is 9.47 Å². The molecule has 0 aromatic rings.